The number of ether oxygens (including phenoxy) is 1. The van der Waals surface area contributed by atoms with Gasteiger partial charge in [0.25, 0.3) is 0 Å². The van der Waals surface area contributed by atoms with Crippen molar-refractivity contribution in [1.29, 1.82) is 0 Å². The predicted octanol–water partition coefficient (Wildman–Crippen LogP) is 4.18. The van der Waals surface area contributed by atoms with Crippen LogP contribution in [-0.2, 0) is 4.74 Å². The van der Waals surface area contributed by atoms with Gasteiger partial charge in [0, 0.05) is 0 Å². The van der Waals surface area contributed by atoms with Crippen molar-refractivity contribution in [3.63, 3.8) is 0 Å². The average Bonchev–Trinajstić information content (AvgIpc) is 2.10. The summed E-state index contributed by atoms with van der Waals surface area (Å²) in [5, 5.41) is 0. The lowest BCUT2D eigenvalue weighted by molar-refractivity contribution is 0.0825. The molecule has 0 radical (unpaired) electrons. The number of rotatable bonds is 7. The summed E-state index contributed by atoms with van der Waals surface area (Å²) in [7, 11) is 0. The summed E-state index contributed by atoms with van der Waals surface area (Å²) in [6.07, 6.45) is 8.33. The van der Waals surface area contributed by atoms with Crippen LogP contribution >= 0.6 is 0 Å². The summed E-state index contributed by atoms with van der Waals surface area (Å²) in [6, 6.07) is 0. The van der Waals surface area contributed by atoms with Gasteiger partial charge in [-0.05, 0) is 32.1 Å². The van der Waals surface area contributed by atoms with E-state index in [9.17, 15) is 0 Å². The van der Waals surface area contributed by atoms with Gasteiger partial charge in [-0.3, -0.25) is 0 Å². The number of hydrogen-bond acceptors (Lipinski definition) is 1. The van der Waals surface area contributed by atoms with Crippen molar-refractivity contribution in [3.8, 4) is 0 Å². The van der Waals surface area contributed by atoms with Crippen molar-refractivity contribution in [2.75, 3.05) is 6.61 Å². The highest BCUT2D eigenvalue weighted by atomic mass is 16.5. The third-order valence-corrected chi connectivity index (χ3v) is 2.53. The highest BCUT2D eigenvalue weighted by Gasteiger charge is 2.11. The molecule has 0 amide bonds. The van der Waals surface area contributed by atoms with Crippen molar-refractivity contribution in [3.05, 3.63) is 12.2 Å². The topological polar surface area (TPSA) is 9.23 Å². The average molecular weight is 198 g/mol. The maximum absolute atomic E-state index is 5.45. The van der Waals surface area contributed by atoms with Crippen molar-refractivity contribution in [2.24, 2.45) is 5.41 Å². The third kappa shape index (κ3) is 8.31. The Morgan fingerprint density at radius 2 is 1.86 bits per heavy atom. The molecule has 0 aliphatic rings. The summed E-state index contributed by atoms with van der Waals surface area (Å²) >= 11 is 0. The van der Waals surface area contributed by atoms with Crippen molar-refractivity contribution in [1.82, 2.24) is 0 Å². The lowest BCUT2D eigenvalue weighted by atomic mass is 9.86. The van der Waals surface area contributed by atoms with Gasteiger partial charge in [-0.2, -0.15) is 0 Å². The van der Waals surface area contributed by atoms with Crippen LogP contribution in [0.3, 0.4) is 0 Å². The van der Waals surface area contributed by atoms with Crippen LogP contribution in [0.2, 0.25) is 0 Å². The highest BCUT2D eigenvalue weighted by Crippen LogP contribution is 2.24. The molecule has 0 aliphatic carbocycles. The maximum atomic E-state index is 5.45. The second kappa shape index (κ2) is 7.05. The zero-order chi connectivity index (χ0) is 11.0. The Bertz CT molecular complexity index is 157. The first kappa shape index (κ1) is 13.7. The van der Waals surface area contributed by atoms with Crippen LogP contribution in [0.4, 0.5) is 0 Å². The quantitative estimate of drug-likeness (QED) is 0.440. The minimum absolute atomic E-state index is 0.357. The minimum Gasteiger partial charge on any atom is -0.378 e. The predicted molar refractivity (Wildman–Crippen MR) is 63.5 cm³/mol. The first-order valence-electron chi connectivity index (χ1n) is 5.74. The molecule has 0 aromatic rings. The molecule has 0 N–H and O–H groups in total. The fraction of sp³-hybridized carbons (Fsp3) is 0.846. The van der Waals surface area contributed by atoms with Gasteiger partial charge in [0.15, 0.2) is 0 Å². The van der Waals surface area contributed by atoms with E-state index in [4.69, 9.17) is 4.74 Å². The third-order valence-electron chi connectivity index (χ3n) is 2.53. The standard InChI is InChI=1S/C13H26O/c1-6-13(4,5)10-8-7-9-11-14-12(2)3/h7-8,12H,6,9-11H2,1-5H3. The molecule has 0 heterocycles. The minimum atomic E-state index is 0.357. The number of hydrogen-bond donors (Lipinski definition) is 0. The zero-order valence-electron chi connectivity index (χ0n) is 10.5. The second-order valence-electron chi connectivity index (χ2n) is 4.90. The molecule has 1 heteroatoms. The molecule has 0 bridgehead atoms. The molecular formula is C13H26O. The molecule has 0 unspecified atom stereocenters. The van der Waals surface area contributed by atoms with Crippen LogP contribution in [0.5, 0.6) is 0 Å². The Morgan fingerprint density at radius 3 is 2.36 bits per heavy atom. The Balaban J connectivity index is 3.45. The van der Waals surface area contributed by atoms with E-state index in [1.807, 2.05) is 0 Å². The van der Waals surface area contributed by atoms with Crippen LogP contribution in [0.25, 0.3) is 0 Å². The molecule has 14 heavy (non-hydrogen) atoms. The summed E-state index contributed by atoms with van der Waals surface area (Å²) in [5.74, 6) is 0. The number of allylic oxidation sites excluding steroid dienone is 1. The van der Waals surface area contributed by atoms with Gasteiger partial charge in [-0.25, -0.2) is 0 Å². The van der Waals surface area contributed by atoms with Crippen LogP contribution in [-0.4, -0.2) is 12.7 Å². The summed E-state index contributed by atoms with van der Waals surface area (Å²) in [6.45, 7) is 11.9. The lowest BCUT2D eigenvalue weighted by Gasteiger charge is -2.19. The largest absolute Gasteiger partial charge is 0.378 e. The highest BCUT2D eigenvalue weighted by molar-refractivity contribution is 4.86. The molecule has 0 fully saturated rings. The molecule has 0 rings (SSSR count). The van der Waals surface area contributed by atoms with E-state index < -0.39 is 0 Å². The summed E-state index contributed by atoms with van der Waals surface area (Å²) in [5.41, 5.74) is 0.454. The fourth-order valence-corrected chi connectivity index (χ4v) is 1.04. The van der Waals surface area contributed by atoms with Crippen molar-refractivity contribution in [2.45, 2.75) is 60.0 Å². The second-order valence-corrected chi connectivity index (χ2v) is 4.90. The molecule has 0 aromatic heterocycles. The van der Waals surface area contributed by atoms with Gasteiger partial charge >= 0.3 is 0 Å². The van der Waals surface area contributed by atoms with E-state index in [1.54, 1.807) is 0 Å². The molecular weight excluding hydrogens is 172 g/mol. The normalized spacial score (nSPS) is 13.0. The van der Waals surface area contributed by atoms with Gasteiger partial charge in [0.05, 0.1) is 12.7 Å². The van der Waals surface area contributed by atoms with Crippen LogP contribution in [0.1, 0.15) is 53.9 Å². The van der Waals surface area contributed by atoms with Crippen LogP contribution < -0.4 is 0 Å². The van der Waals surface area contributed by atoms with Crippen LogP contribution in [0.15, 0.2) is 12.2 Å². The molecule has 0 saturated carbocycles. The monoisotopic (exact) mass is 198 g/mol. The Labute approximate surface area is 89.5 Å². The smallest absolute Gasteiger partial charge is 0.0519 e. The molecule has 0 spiro atoms. The maximum Gasteiger partial charge on any atom is 0.0519 e. The molecule has 0 aliphatic heterocycles. The zero-order valence-corrected chi connectivity index (χ0v) is 10.5. The van der Waals surface area contributed by atoms with Crippen molar-refractivity contribution < 1.29 is 4.74 Å². The molecule has 1 nitrogen and oxygen atoms in total. The van der Waals surface area contributed by atoms with E-state index in [-0.39, 0.29) is 0 Å². The SMILES string of the molecule is CCC(C)(C)CC=CCCOC(C)C. The Kier molecular flexibility index (Phi) is 6.90. The van der Waals surface area contributed by atoms with Gasteiger partial charge in [0.2, 0.25) is 0 Å². The molecule has 84 valence electrons. The molecule has 0 aromatic carbocycles. The first-order valence-corrected chi connectivity index (χ1v) is 5.74. The van der Waals surface area contributed by atoms with Gasteiger partial charge in [-0.1, -0.05) is 39.3 Å². The van der Waals surface area contributed by atoms with Gasteiger partial charge < -0.3 is 4.74 Å². The van der Waals surface area contributed by atoms with E-state index in [1.165, 1.54) is 12.8 Å². The summed E-state index contributed by atoms with van der Waals surface area (Å²) < 4.78 is 5.45. The lowest BCUT2D eigenvalue weighted by Crippen LogP contribution is -2.07. The Hall–Kier alpha value is -0.300. The van der Waals surface area contributed by atoms with E-state index in [2.05, 4.69) is 46.8 Å². The van der Waals surface area contributed by atoms with E-state index in [0.717, 1.165) is 13.0 Å². The molecule has 0 saturated heterocycles. The van der Waals surface area contributed by atoms with Crippen molar-refractivity contribution >= 4 is 0 Å². The van der Waals surface area contributed by atoms with E-state index in [0.29, 0.717) is 11.5 Å². The molecule has 0 atom stereocenters. The Morgan fingerprint density at radius 1 is 1.21 bits per heavy atom. The first-order chi connectivity index (χ1) is 6.48. The fourth-order valence-electron chi connectivity index (χ4n) is 1.04. The van der Waals surface area contributed by atoms with Crippen LogP contribution in [0, 0.1) is 5.41 Å². The van der Waals surface area contributed by atoms with Gasteiger partial charge in [-0.15, -0.1) is 0 Å². The van der Waals surface area contributed by atoms with Gasteiger partial charge in [0.1, 0.15) is 0 Å². The summed E-state index contributed by atoms with van der Waals surface area (Å²) in [4.78, 5) is 0. The van der Waals surface area contributed by atoms with E-state index >= 15 is 0 Å².